The summed E-state index contributed by atoms with van der Waals surface area (Å²) in [6, 6.07) is 2.00. The van der Waals surface area contributed by atoms with Gasteiger partial charge in [-0.15, -0.1) is 0 Å². The predicted octanol–water partition coefficient (Wildman–Crippen LogP) is 1.11. The van der Waals surface area contributed by atoms with Crippen LogP contribution in [0.15, 0.2) is 18.5 Å². The lowest BCUT2D eigenvalue weighted by Gasteiger charge is -2.07. The fraction of sp³-hybridized carbons (Fsp3) is 0.455. The molecule has 1 saturated heterocycles. The standard InChI is InChI=1S/C11H14N4/c1-8-4-11-13-6-10(7-15(11)14-8)9-2-3-12-5-9/h4,6-7,9,12H,2-3,5H2,1H3. The van der Waals surface area contributed by atoms with Gasteiger partial charge in [-0.1, -0.05) is 0 Å². The lowest BCUT2D eigenvalue weighted by molar-refractivity contribution is 0.742. The summed E-state index contributed by atoms with van der Waals surface area (Å²) in [5.41, 5.74) is 3.24. The van der Waals surface area contributed by atoms with Crippen LogP contribution in [0.1, 0.15) is 23.6 Å². The molecule has 3 rings (SSSR count). The van der Waals surface area contributed by atoms with Crippen molar-refractivity contribution in [3.8, 4) is 0 Å². The lowest BCUT2D eigenvalue weighted by atomic mass is 10.0. The molecule has 1 aliphatic heterocycles. The van der Waals surface area contributed by atoms with Gasteiger partial charge in [0.1, 0.15) is 0 Å². The molecule has 1 aliphatic rings. The molecule has 1 unspecified atom stereocenters. The highest BCUT2D eigenvalue weighted by molar-refractivity contribution is 5.39. The SMILES string of the molecule is Cc1cc2ncc(C3CCNC3)cn2n1. The summed E-state index contributed by atoms with van der Waals surface area (Å²) in [5, 5.41) is 7.75. The Morgan fingerprint density at radius 2 is 2.47 bits per heavy atom. The van der Waals surface area contributed by atoms with Gasteiger partial charge in [-0.2, -0.15) is 5.10 Å². The highest BCUT2D eigenvalue weighted by atomic mass is 15.2. The summed E-state index contributed by atoms with van der Waals surface area (Å²) in [7, 11) is 0. The minimum Gasteiger partial charge on any atom is -0.316 e. The number of hydrogen-bond acceptors (Lipinski definition) is 3. The predicted molar refractivity (Wildman–Crippen MR) is 58.0 cm³/mol. The monoisotopic (exact) mass is 202 g/mol. The minimum absolute atomic E-state index is 0.603. The number of nitrogens with one attached hydrogen (secondary N) is 1. The zero-order valence-corrected chi connectivity index (χ0v) is 8.77. The van der Waals surface area contributed by atoms with Crippen molar-refractivity contribution in [3.63, 3.8) is 0 Å². The van der Waals surface area contributed by atoms with Crippen molar-refractivity contribution in [3.05, 3.63) is 29.7 Å². The first kappa shape index (κ1) is 8.85. The number of nitrogens with zero attached hydrogens (tertiary/aromatic N) is 3. The molecule has 4 nitrogen and oxygen atoms in total. The Hall–Kier alpha value is -1.42. The first-order chi connectivity index (χ1) is 7.33. The minimum atomic E-state index is 0.603. The molecule has 0 saturated carbocycles. The van der Waals surface area contributed by atoms with Crippen LogP contribution >= 0.6 is 0 Å². The highest BCUT2D eigenvalue weighted by Gasteiger charge is 2.17. The fourth-order valence-electron chi connectivity index (χ4n) is 2.16. The quantitative estimate of drug-likeness (QED) is 0.753. The summed E-state index contributed by atoms with van der Waals surface area (Å²) < 4.78 is 1.88. The number of hydrogen-bond donors (Lipinski definition) is 1. The molecular formula is C11H14N4. The third kappa shape index (κ3) is 1.51. The molecule has 0 aliphatic carbocycles. The smallest absolute Gasteiger partial charge is 0.155 e. The van der Waals surface area contributed by atoms with Gasteiger partial charge in [-0.05, 0) is 25.5 Å². The molecule has 0 radical (unpaired) electrons. The van der Waals surface area contributed by atoms with Crippen LogP contribution in [0.5, 0.6) is 0 Å². The molecule has 2 aromatic rings. The number of aromatic nitrogens is 3. The molecule has 1 N–H and O–H groups in total. The first-order valence-corrected chi connectivity index (χ1v) is 5.35. The molecule has 1 atom stereocenters. The average molecular weight is 202 g/mol. The van der Waals surface area contributed by atoms with Crippen LogP contribution in [0.3, 0.4) is 0 Å². The van der Waals surface area contributed by atoms with Crippen LogP contribution in [0.4, 0.5) is 0 Å². The highest BCUT2D eigenvalue weighted by Crippen LogP contribution is 2.21. The van der Waals surface area contributed by atoms with E-state index >= 15 is 0 Å². The van der Waals surface area contributed by atoms with Crippen molar-refractivity contribution in [2.75, 3.05) is 13.1 Å². The maximum absolute atomic E-state index is 4.42. The van der Waals surface area contributed by atoms with Crippen LogP contribution in [-0.2, 0) is 0 Å². The second-order valence-electron chi connectivity index (χ2n) is 4.17. The molecule has 0 bridgehead atoms. The van der Waals surface area contributed by atoms with E-state index in [4.69, 9.17) is 0 Å². The molecule has 2 aromatic heterocycles. The van der Waals surface area contributed by atoms with Crippen molar-refractivity contribution >= 4 is 5.65 Å². The van der Waals surface area contributed by atoms with Gasteiger partial charge < -0.3 is 5.32 Å². The van der Waals surface area contributed by atoms with E-state index in [1.165, 1.54) is 12.0 Å². The Morgan fingerprint density at radius 1 is 1.53 bits per heavy atom. The van der Waals surface area contributed by atoms with Crippen molar-refractivity contribution < 1.29 is 0 Å². The summed E-state index contributed by atoms with van der Waals surface area (Å²) in [5.74, 6) is 0.603. The van der Waals surface area contributed by atoms with Crippen LogP contribution in [0.2, 0.25) is 0 Å². The van der Waals surface area contributed by atoms with Gasteiger partial charge in [0.15, 0.2) is 5.65 Å². The van der Waals surface area contributed by atoms with Crippen LogP contribution in [0.25, 0.3) is 5.65 Å². The maximum atomic E-state index is 4.42. The summed E-state index contributed by atoms with van der Waals surface area (Å²) >= 11 is 0. The van der Waals surface area contributed by atoms with Crippen molar-refractivity contribution in [2.45, 2.75) is 19.3 Å². The van der Waals surface area contributed by atoms with E-state index in [0.29, 0.717) is 5.92 Å². The van der Waals surface area contributed by atoms with Gasteiger partial charge in [0, 0.05) is 30.9 Å². The van der Waals surface area contributed by atoms with Gasteiger partial charge in [0.25, 0.3) is 0 Å². The largest absolute Gasteiger partial charge is 0.316 e. The van der Waals surface area contributed by atoms with Gasteiger partial charge in [0.05, 0.1) is 5.69 Å². The third-order valence-electron chi connectivity index (χ3n) is 2.99. The Kier molecular flexibility index (Phi) is 1.95. The molecule has 1 fully saturated rings. The number of aryl methyl sites for hydroxylation is 1. The second-order valence-corrected chi connectivity index (χ2v) is 4.17. The van der Waals surface area contributed by atoms with Gasteiger partial charge in [0.2, 0.25) is 0 Å². The van der Waals surface area contributed by atoms with Crippen LogP contribution < -0.4 is 5.32 Å². The van der Waals surface area contributed by atoms with Gasteiger partial charge in [-0.25, -0.2) is 9.50 Å². The molecule has 78 valence electrons. The van der Waals surface area contributed by atoms with E-state index in [0.717, 1.165) is 24.4 Å². The molecule has 15 heavy (non-hydrogen) atoms. The number of rotatable bonds is 1. The Balaban J connectivity index is 2.04. The molecule has 0 spiro atoms. The molecule has 3 heterocycles. The second kappa shape index (κ2) is 3.31. The van der Waals surface area contributed by atoms with Crippen molar-refractivity contribution in [2.24, 2.45) is 0 Å². The third-order valence-corrected chi connectivity index (χ3v) is 2.99. The van der Waals surface area contributed by atoms with Gasteiger partial charge in [-0.3, -0.25) is 0 Å². The maximum Gasteiger partial charge on any atom is 0.155 e. The zero-order valence-electron chi connectivity index (χ0n) is 8.77. The van der Waals surface area contributed by atoms with Gasteiger partial charge >= 0.3 is 0 Å². The first-order valence-electron chi connectivity index (χ1n) is 5.35. The topological polar surface area (TPSA) is 42.2 Å². The molecule has 4 heteroatoms. The van der Waals surface area contributed by atoms with E-state index in [-0.39, 0.29) is 0 Å². The Morgan fingerprint density at radius 3 is 3.27 bits per heavy atom. The van der Waals surface area contributed by atoms with E-state index in [2.05, 4.69) is 21.6 Å². The van der Waals surface area contributed by atoms with E-state index in [1.807, 2.05) is 23.7 Å². The van der Waals surface area contributed by atoms with E-state index in [9.17, 15) is 0 Å². The zero-order chi connectivity index (χ0) is 10.3. The summed E-state index contributed by atoms with van der Waals surface area (Å²) in [6.45, 7) is 4.17. The summed E-state index contributed by atoms with van der Waals surface area (Å²) in [4.78, 5) is 4.42. The summed E-state index contributed by atoms with van der Waals surface area (Å²) in [6.07, 6.45) is 5.29. The van der Waals surface area contributed by atoms with Crippen LogP contribution in [-0.4, -0.2) is 27.7 Å². The fourth-order valence-corrected chi connectivity index (χ4v) is 2.16. The van der Waals surface area contributed by atoms with E-state index < -0.39 is 0 Å². The molecule has 0 amide bonds. The Labute approximate surface area is 88.3 Å². The van der Waals surface area contributed by atoms with E-state index in [1.54, 1.807) is 0 Å². The van der Waals surface area contributed by atoms with Crippen molar-refractivity contribution in [1.29, 1.82) is 0 Å². The van der Waals surface area contributed by atoms with Crippen LogP contribution in [0, 0.1) is 6.92 Å². The lowest BCUT2D eigenvalue weighted by Crippen LogP contribution is -2.08. The number of fused-ring (bicyclic) bond motifs is 1. The normalized spacial score (nSPS) is 21.3. The van der Waals surface area contributed by atoms with Crippen molar-refractivity contribution in [1.82, 2.24) is 19.9 Å². The molecule has 0 aromatic carbocycles. The molecular weight excluding hydrogens is 188 g/mol. The Bertz CT molecular complexity index is 482. The average Bonchev–Trinajstić information content (AvgIpc) is 2.82.